The Hall–Kier alpha value is -6.72. The number of hydrogen-bond acceptors (Lipinski definition) is 4. The molecular formula is C48H33BN2O2. The number of hydrogen-bond donors (Lipinski definition) is 0. The highest BCUT2D eigenvalue weighted by atomic mass is 16.5. The molecule has 0 atom stereocenters. The van der Waals surface area contributed by atoms with Crippen LogP contribution in [0.15, 0.2) is 164 Å². The number of benzene rings is 8. The molecule has 0 fully saturated rings. The van der Waals surface area contributed by atoms with Crippen molar-refractivity contribution in [1.82, 2.24) is 0 Å². The Morgan fingerprint density at radius 2 is 1.15 bits per heavy atom. The molecule has 0 amide bonds. The Labute approximate surface area is 309 Å². The first-order chi connectivity index (χ1) is 26.1. The first kappa shape index (κ1) is 30.0. The van der Waals surface area contributed by atoms with E-state index in [1.54, 1.807) is 0 Å². The summed E-state index contributed by atoms with van der Waals surface area (Å²) >= 11 is 0. The lowest BCUT2D eigenvalue weighted by atomic mass is 9.34. The lowest BCUT2D eigenvalue weighted by molar-refractivity contribution is 0.465. The van der Waals surface area contributed by atoms with Gasteiger partial charge in [0.2, 0.25) is 0 Å². The molecule has 3 aliphatic rings. The number of anilines is 6. The maximum absolute atomic E-state index is 7.13. The monoisotopic (exact) mass is 680 g/mol. The predicted molar refractivity (Wildman–Crippen MR) is 219 cm³/mol. The van der Waals surface area contributed by atoms with Crippen molar-refractivity contribution in [3.63, 3.8) is 0 Å². The smallest absolute Gasteiger partial charge is 0.260 e. The molecule has 3 heterocycles. The summed E-state index contributed by atoms with van der Waals surface area (Å²) in [6, 6.07) is 58.6. The van der Waals surface area contributed by atoms with Crippen LogP contribution in [0.1, 0.15) is 11.1 Å². The summed E-state index contributed by atoms with van der Waals surface area (Å²) in [5.74, 6) is 3.46. The van der Waals surface area contributed by atoms with Crippen molar-refractivity contribution in [2.24, 2.45) is 0 Å². The van der Waals surface area contributed by atoms with Gasteiger partial charge < -0.3 is 19.3 Å². The number of nitrogens with zero attached hydrogens (tertiary/aromatic N) is 2. The van der Waals surface area contributed by atoms with E-state index in [-0.39, 0.29) is 6.71 Å². The Morgan fingerprint density at radius 1 is 0.528 bits per heavy atom. The van der Waals surface area contributed by atoms with Gasteiger partial charge in [-0.2, -0.15) is 0 Å². The number of aryl methyl sites for hydroxylation is 2. The van der Waals surface area contributed by atoms with Gasteiger partial charge in [-0.3, -0.25) is 0 Å². The zero-order valence-electron chi connectivity index (χ0n) is 29.4. The summed E-state index contributed by atoms with van der Waals surface area (Å²) in [6.07, 6.45) is 0. The summed E-state index contributed by atoms with van der Waals surface area (Å²) in [4.78, 5) is 4.76. The van der Waals surface area contributed by atoms with Gasteiger partial charge in [0.25, 0.3) is 6.71 Å². The lowest BCUT2D eigenvalue weighted by Crippen LogP contribution is -2.57. The second-order valence-corrected chi connectivity index (χ2v) is 14.2. The largest absolute Gasteiger partial charge is 0.458 e. The molecule has 250 valence electrons. The van der Waals surface area contributed by atoms with Gasteiger partial charge >= 0.3 is 0 Å². The van der Waals surface area contributed by atoms with Crippen molar-refractivity contribution < 1.29 is 9.47 Å². The Bertz CT molecular complexity index is 2710. The van der Waals surface area contributed by atoms with E-state index in [2.05, 4.69) is 187 Å². The Kier molecular flexibility index (Phi) is 6.44. The van der Waals surface area contributed by atoms with E-state index in [9.17, 15) is 0 Å². The van der Waals surface area contributed by atoms with E-state index < -0.39 is 0 Å². The van der Waals surface area contributed by atoms with Crippen LogP contribution in [0.2, 0.25) is 0 Å². The molecule has 8 aromatic carbocycles. The van der Waals surface area contributed by atoms with Gasteiger partial charge in [0.05, 0.1) is 17.1 Å². The van der Waals surface area contributed by atoms with E-state index in [0.29, 0.717) is 0 Å². The number of rotatable bonds is 4. The van der Waals surface area contributed by atoms with E-state index in [1.165, 1.54) is 27.4 Å². The lowest BCUT2D eigenvalue weighted by Gasteiger charge is -2.40. The van der Waals surface area contributed by atoms with E-state index in [1.807, 2.05) is 0 Å². The molecule has 53 heavy (non-hydrogen) atoms. The fourth-order valence-electron chi connectivity index (χ4n) is 8.73. The van der Waals surface area contributed by atoms with Gasteiger partial charge in [0.15, 0.2) is 5.75 Å². The van der Waals surface area contributed by atoms with Crippen LogP contribution < -0.4 is 35.7 Å². The minimum atomic E-state index is -0.0277. The van der Waals surface area contributed by atoms with E-state index in [0.717, 1.165) is 79.1 Å². The highest BCUT2D eigenvalue weighted by Gasteiger charge is 2.44. The zero-order chi connectivity index (χ0) is 35.2. The Balaban J connectivity index is 1.23. The van der Waals surface area contributed by atoms with Crippen molar-refractivity contribution >= 4 is 68.0 Å². The van der Waals surface area contributed by atoms with Crippen LogP contribution in [0.4, 0.5) is 34.1 Å². The van der Waals surface area contributed by atoms with Crippen molar-refractivity contribution in [2.75, 3.05) is 9.80 Å². The fourth-order valence-corrected chi connectivity index (χ4v) is 8.73. The van der Waals surface area contributed by atoms with Gasteiger partial charge in [-0.15, -0.1) is 0 Å². The molecule has 0 unspecified atom stereocenters. The maximum Gasteiger partial charge on any atom is 0.260 e. The predicted octanol–water partition coefficient (Wildman–Crippen LogP) is 11.1. The number of para-hydroxylation sites is 3. The van der Waals surface area contributed by atoms with Crippen LogP contribution >= 0.6 is 0 Å². The van der Waals surface area contributed by atoms with Crippen LogP contribution in [0.5, 0.6) is 23.0 Å². The Morgan fingerprint density at radius 3 is 1.81 bits per heavy atom. The van der Waals surface area contributed by atoms with Crippen molar-refractivity contribution in [2.45, 2.75) is 13.8 Å². The maximum atomic E-state index is 7.13. The first-order valence-corrected chi connectivity index (χ1v) is 18.2. The normalized spacial score (nSPS) is 12.9. The minimum absolute atomic E-state index is 0.0277. The van der Waals surface area contributed by atoms with Crippen LogP contribution in [0.25, 0.3) is 21.9 Å². The summed E-state index contributed by atoms with van der Waals surface area (Å²) in [5.41, 5.74) is 14.6. The average molecular weight is 681 g/mol. The number of ether oxygens (including phenoxy) is 2. The number of fused-ring (bicyclic) bond motifs is 7. The molecule has 3 aliphatic heterocycles. The molecule has 0 aromatic heterocycles. The summed E-state index contributed by atoms with van der Waals surface area (Å²) in [5, 5.41) is 2.34. The van der Waals surface area contributed by atoms with Crippen molar-refractivity contribution in [1.29, 1.82) is 0 Å². The molecule has 0 bridgehead atoms. The zero-order valence-corrected chi connectivity index (χ0v) is 29.4. The van der Waals surface area contributed by atoms with E-state index >= 15 is 0 Å². The molecule has 0 saturated carbocycles. The third-order valence-electron chi connectivity index (χ3n) is 11.0. The molecule has 11 rings (SSSR count). The van der Waals surface area contributed by atoms with Gasteiger partial charge in [0.1, 0.15) is 17.2 Å². The highest BCUT2D eigenvalue weighted by Crippen LogP contribution is 2.58. The molecule has 0 N–H and O–H groups in total. The first-order valence-electron chi connectivity index (χ1n) is 18.2. The highest BCUT2D eigenvalue weighted by molar-refractivity contribution is 6.98. The van der Waals surface area contributed by atoms with Crippen LogP contribution in [0.3, 0.4) is 0 Å². The van der Waals surface area contributed by atoms with Gasteiger partial charge in [-0.05, 0) is 97.1 Å². The van der Waals surface area contributed by atoms with Crippen LogP contribution in [0, 0.1) is 13.8 Å². The second kappa shape index (κ2) is 11.4. The third kappa shape index (κ3) is 4.44. The SMILES string of the molecule is Cc1ccc2c(c1)B1c3cc(C)ccc3Oc3c1c(cc1c3N(c3ccccc3)c3cccc4c(N(c5ccccc5)c5ccccc5)ccc-1c34)O2. The van der Waals surface area contributed by atoms with Crippen LogP contribution in [-0.4, -0.2) is 6.71 Å². The molecule has 4 nitrogen and oxygen atoms in total. The molecular weight excluding hydrogens is 647 g/mol. The van der Waals surface area contributed by atoms with Crippen molar-refractivity contribution in [3.05, 3.63) is 175 Å². The minimum Gasteiger partial charge on any atom is -0.458 e. The standard InChI is InChI=1S/C48H33BN2O2/c1-30-21-25-42-38(27-30)49-39-28-31(2)22-26-43(39)53-48-46(49)44(52-42)29-37-35-23-24-40(50(32-13-6-3-7-14-32)33-15-8-4-9-16-33)36-19-12-20-41(45(35)36)51(47(37)48)34-17-10-5-11-18-34/h3-29H,1-2H3. The molecule has 8 aromatic rings. The molecule has 5 heteroatoms. The summed E-state index contributed by atoms with van der Waals surface area (Å²) in [6.45, 7) is 4.28. The van der Waals surface area contributed by atoms with Gasteiger partial charge in [-0.25, -0.2) is 0 Å². The molecule has 0 saturated heterocycles. The summed E-state index contributed by atoms with van der Waals surface area (Å²) in [7, 11) is 0. The molecule has 0 aliphatic carbocycles. The third-order valence-corrected chi connectivity index (χ3v) is 11.0. The summed E-state index contributed by atoms with van der Waals surface area (Å²) < 4.78 is 14.0. The average Bonchev–Trinajstić information content (AvgIpc) is 3.20. The second-order valence-electron chi connectivity index (χ2n) is 14.2. The van der Waals surface area contributed by atoms with Crippen LogP contribution in [-0.2, 0) is 0 Å². The molecule has 0 spiro atoms. The molecule has 0 radical (unpaired) electrons. The van der Waals surface area contributed by atoms with Gasteiger partial charge in [0, 0.05) is 38.9 Å². The fraction of sp³-hybridized carbons (Fsp3) is 0.0417. The quantitative estimate of drug-likeness (QED) is 0.173. The van der Waals surface area contributed by atoms with Gasteiger partial charge in [-0.1, -0.05) is 108 Å². The van der Waals surface area contributed by atoms with Crippen molar-refractivity contribution in [3.8, 4) is 34.1 Å². The van der Waals surface area contributed by atoms with E-state index in [4.69, 9.17) is 9.47 Å². The topological polar surface area (TPSA) is 24.9 Å².